The van der Waals surface area contributed by atoms with Crippen LogP contribution in [0.2, 0.25) is 0 Å². The Kier molecular flexibility index (Phi) is 3.77. The minimum absolute atomic E-state index is 0.293. The lowest BCUT2D eigenvalue weighted by Crippen LogP contribution is -1.97. The van der Waals surface area contributed by atoms with E-state index in [1.807, 2.05) is 24.3 Å². The predicted molar refractivity (Wildman–Crippen MR) is 69.9 cm³/mol. The van der Waals surface area contributed by atoms with Crippen molar-refractivity contribution in [2.45, 2.75) is 6.61 Å². The Morgan fingerprint density at radius 2 is 1.69 bits per heavy atom. The number of hydrogen-bond acceptors (Lipinski definition) is 1. The van der Waals surface area contributed by atoms with Crippen molar-refractivity contribution in [3.8, 4) is 5.75 Å². The monoisotopic (exact) mass is 328 g/mol. The van der Waals surface area contributed by atoms with Gasteiger partial charge in [0, 0.05) is 3.57 Å². The molecule has 2 rings (SSSR count). The summed E-state index contributed by atoms with van der Waals surface area (Å²) < 4.78 is 19.8. The molecule has 16 heavy (non-hydrogen) atoms. The Morgan fingerprint density at radius 3 is 2.38 bits per heavy atom. The van der Waals surface area contributed by atoms with E-state index >= 15 is 0 Å². The highest BCUT2D eigenvalue weighted by molar-refractivity contribution is 14.1. The van der Waals surface area contributed by atoms with E-state index in [4.69, 9.17) is 4.74 Å². The zero-order chi connectivity index (χ0) is 11.4. The van der Waals surface area contributed by atoms with Gasteiger partial charge in [0.2, 0.25) is 0 Å². The molecule has 0 saturated carbocycles. The Hall–Kier alpha value is -1.10. The van der Waals surface area contributed by atoms with Gasteiger partial charge in [-0.25, -0.2) is 4.39 Å². The fraction of sp³-hybridized carbons (Fsp3) is 0.0769. The van der Waals surface area contributed by atoms with E-state index in [1.54, 1.807) is 18.2 Å². The first-order valence-corrected chi connectivity index (χ1v) is 5.95. The van der Waals surface area contributed by atoms with Crippen molar-refractivity contribution < 1.29 is 9.13 Å². The van der Waals surface area contributed by atoms with Crippen molar-refractivity contribution in [2.75, 3.05) is 0 Å². The lowest BCUT2D eigenvalue weighted by molar-refractivity contribution is 0.290. The minimum Gasteiger partial charge on any atom is -0.486 e. The minimum atomic E-state index is -0.326. The van der Waals surface area contributed by atoms with Crippen molar-refractivity contribution in [1.29, 1.82) is 0 Å². The molecule has 3 heteroatoms. The molecule has 2 aromatic carbocycles. The molecule has 0 heterocycles. The van der Waals surface area contributed by atoms with Crippen LogP contribution in [0.5, 0.6) is 5.75 Å². The average Bonchev–Trinajstić information content (AvgIpc) is 2.30. The standard InChI is InChI=1S/C13H10FIO/c14-12-3-1-2-4-13(12)16-9-10-5-7-11(15)8-6-10/h1-8H,9H2. The van der Waals surface area contributed by atoms with E-state index in [9.17, 15) is 4.39 Å². The van der Waals surface area contributed by atoms with Crippen LogP contribution >= 0.6 is 22.6 Å². The van der Waals surface area contributed by atoms with Crippen molar-refractivity contribution in [1.82, 2.24) is 0 Å². The third-order valence-electron chi connectivity index (χ3n) is 2.14. The second-order valence-corrected chi connectivity index (χ2v) is 4.59. The molecular weight excluding hydrogens is 318 g/mol. The Morgan fingerprint density at radius 1 is 1.00 bits per heavy atom. The maximum absolute atomic E-state index is 13.2. The lowest BCUT2D eigenvalue weighted by atomic mass is 10.2. The van der Waals surface area contributed by atoms with Gasteiger partial charge in [0.25, 0.3) is 0 Å². The number of ether oxygens (including phenoxy) is 1. The number of rotatable bonds is 3. The summed E-state index contributed by atoms with van der Waals surface area (Å²) >= 11 is 2.24. The quantitative estimate of drug-likeness (QED) is 0.774. The molecule has 0 amide bonds. The van der Waals surface area contributed by atoms with Crippen LogP contribution in [0, 0.1) is 9.39 Å². The van der Waals surface area contributed by atoms with Crippen LogP contribution in [0.4, 0.5) is 4.39 Å². The highest BCUT2D eigenvalue weighted by atomic mass is 127. The fourth-order valence-corrected chi connectivity index (χ4v) is 1.66. The van der Waals surface area contributed by atoms with Gasteiger partial charge in [0.1, 0.15) is 6.61 Å². The summed E-state index contributed by atoms with van der Waals surface area (Å²) in [6, 6.07) is 14.4. The molecular formula is C13H10FIO. The third-order valence-corrected chi connectivity index (χ3v) is 2.86. The van der Waals surface area contributed by atoms with Gasteiger partial charge in [0.15, 0.2) is 11.6 Å². The molecule has 82 valence electrons. The highest BCUT2D eigenvalue weighted by Crippen LogP contribution is 2.17. The van der Waals surface area contributed by atoms with E-state index in [0.717, 1.165) is 5.56 Å². The summed E-state index contributed by atoms with van der Waals surface area (Å²) in [5, 5.41) is 0. The van der Waals surface area contributed by atoms with Crippen LogP contribution < -0.4 is 4.74 Å². The van der Waals surface area contributed by atoms with Crippen LogP contribution in [0.25, 0.3) is 0 Å². The second kappa shape index (κ2) is 5.30. The molecule has 0 fully saturated rings. The van der Waals surface area contributed by atoms with Crippen LogP contribution in [-0.4, -0.2) is 0 Å². The van der Waals surface area contributed by atoms with E-state index in [2.05, 4.69) is 22.6 Å². The molecule has 0 bridgehead atoms. The molecule has 1 nitrogen and oxygen atoms in total. The first-order valence-electron chi connectivity index (χ1n) is 4.87. The molecule has 0 radical (unpaired) electrons. The van der Waals surface area contributed by atoms with E-state index in [0.29, 0.717) is 12.4 Å². The molecule has 0 aliphatic heterocycles. The summed E-state index contributed by atoms with van der Waals surface area (Å²) in [5.41, 5.74) is 1.03. The van der Waals surface area contributed by atoms with Gasteiger partial charge in [-0.05, 0) is 52.4 Å². The van der Waals surface area contributed by atoms with Gasteiger partial charge in [0.05, 0.1) is 0 Å². The first-order chi connectivity index (χ1) is 7.75. The predicted octanol–water partition coefficient (Wildman–Crippen LogP) is 4.01. The summed E-state index contributed by atoms with van der Waals surface area (Å²) in [5.74, 6) is -0.0333. The van der Waals surface area contributed by atoms with Crippen LogP contribution in [0.3, 0.4) is 0 Å². The van der Waals surface area contributed by atoms with Crippen molar-refractivity contribution in [2.24, 2.45) is 0 Å². The Bertz CT molecular complexity index is 468. The summed E-state index contributed by atoms with van der Waals surface area (Å²) in [7, 11) is 0. The smallest absolute Gasteiger partial charge is 0.165 e. The molecule has 0 N–H and O–H groups in total. The summed E-state index contributed by atoms with van der Waals surface area (Å²) in [6.07, 6.45) is 0. The van der Waals surface area contributed by atoms with E-state index in [1.165, 1.54) is 9.64 Å². The Balaban J connectivity index is 2.02. The highest BCUT2D eigenvalue weighted by Gasteiger charge is 2.01. The number of para-hydroxylation sites is 1. The summed E-state index contributed by atoms with van der Waals surface area (Å²) in [4.78, 5) is 0. The van der Waals surface area contributed by atoms with Crippen LogP contribution in [-0.2, 0) is 6.61 Å². The van der Waals surface area contributed by atoms with Gasteiger partial charge in [-0.15, -0.1) is 0 Å². The summed E-state index contributed by atoms with van der Waals surface area (Å²) in [6.45, 7) is 0.387. The number of halogens is 2. The fourth-order valence-electron chi connectivity index (χ4n) is 1.30. The molecule has 2 aromatic rings. The van der Waals surface area contributed by atoms with E-state index < -0.39 is 0 Å². The zero-order valence-electron chi connectivity index (χ0n) is 8.49. The van der Waals surface area contributed by atoms with Crippen molar-refractivity contribution in [3.05, 3.63) is 63.5 Å². The van der Waals surface area contributed by atoms with Crippen LogP contribution in [0.1, 0.15) is 5.56 Å². The molecule has 0 aliphatic rings. The topological polar surface area (TPSA) is 9.23 Å². The molecule has 0 aromatic heterocycles. The molecule has 0 aliphatic carbocycles. The Labute approximate surface area is 107 Å². The van der Waals surface area contributed by atoms with Gasteiger partial charge in [-0.2, -0.15) is 0 Å². The van der Waals surface area contributed by atoms with Crippen LogP contribution in [0.15, 0.2) is 48.5 Å². The van der Waals surface area contributed by atoms with Gasteiger partial charge in [-0.1, -0.05) is 24.3 Å². The third kappa shape index (κ3) is 2.95. The molecule has 0 unspecified atom stereocenters. The van der Waals surface area contributed by atoms with Crippen molar-refractivity contribution in [3.63, 3.8) is 0 Å². The van der Waals surface area contributed by atoms with Gasteiger partial charge < -0.3 is 4.74 Å². The van der Waals surface area contributed by atoms with E-state index in [-0.39, 0.29) is 5.82 Å². The number of hydrogen-bond donors (Lipinski definition) is 0. The normalized spacial score (nSPS) is 10.1. The second-order valence-electron chi connectivity index (χ2n) is 3.35. The number of benzene rings is 2. The van der Waals surface area contributed by atoms with Gasteiger partial charge in [-0.3, -0.25) is 0 Å². The molecule has 0 saturated heterocycles. The SMILES string of the molecule is Fc1ccccc1OCc1ccc(I)cc1. The lowest BCUT2D eigenvalue weighted by Gasteiger charge is -2.06. The first kappa shape index (κ1) is 11.4. The average molecular weight is 328 g/mol. The maximum atomic E-state index is 13.2. The molecule has 0 spiro atoms. The van der Waals surface area contributed by atoms with Crippen molar-refractivity contribution >= 4 is 22.6 Å². The largest absolute Gasteiger partial charge is 0.486 e. The maximum Gasteiger partial charge on any atom is 0.165 e. The van der Waals surface area contributed by atoms with Gasteiger partial charge >= 0.3 is 0 Å². The molecule has 0 atom stereocenters. The zero-order valence-corrected chi connectivity index (χ0v) is 10.6.